The van der Waals surface area contributed by atoms with E-state index in [1.54, 1.807) is 0 Å². The van der Waals surface area contributed by atoms with Crippen molar-refractivity contribution in [3.8, 4) is 0 Å². The number of halogens is 2. The number of nitrogen functional groups attached to an aromatic ring is 1. The third-order valence-electron chi connectivity index (χ3n) is 6.69. The highest BCUT2D eigenvalue weighted by Gasteiger charge is 2.48. The largest absolute Gasteiger partial charge is 0.477 e. The Morgan fingerprint density at radius 1 is 1.34 bits per heavy atom. The van der Waals surface area contributed by atoms with Gasteiger partial charge in [-0.1, -0.05) is 0 Å². The summed E-state index contributed by atoms with van der Waals surface area (Å²) in [5, 5.41) is 9.14. The van der Waals surface area contributed by atoms with Crippen LogP contribution in [0, 0.1) is 11.7 Å². The number of anilines is 2. The summed E-state index contributed by atoms with van der Waals surface area (Å²) in [7, 11) is 0. The second kappa shape index (κ2) is 5.91. The average Bonchev–Trinajstić information content (AvgIpc) is 3.53. The lowest BCUT2D eigenvalue weighted by Crippen LogP contribution is -2.34. The zero-order valence-electron chi connectivity index (χ0n) is 15.7. The molecule has 29 heavy (non-hydrogen) atoms. The molecule has 9 heteroatoms. The van der Waals surface area contributed by atoms with Crippen molar-refractivity contribution in [2.45, 2.75) is 43.4 Å². The van der Waals surface area contributed by atoms with E-state index in [9.17, 15) is 19.1 Å². The van der Waals surface area contributed by atoms with Crippen LogP contribution in [0.15, 0.2) is 17.1 Å². The lowest BCUT2D eigenvalue weighted by Gasteiger charge is -2.24. The van der Waals surface area contributed by atoms with Crippen LogP contribution in [-0.2, 0) is 0 Å². The molecule has 2 aliphatic carbocycles. The summed E-state index contributed by atoms with van der Waals surface area (Å²) in [5.41, 5.74) is 10.9. The molecule has 0 bridgehead atoms. The van der Waals surface area contributed by atoms with Crippen LogP contribution >= 0.6 is 0 Å². The average molecular weight is 404 g/mol. The standard InChI is InChI=1S/C20H22F2N4O3/c21-11-5-13(11)26-8-10(19(28)29)18(27)15-12(23)6-14(16(22)17(15)26)25-4-1-9(7-25)20(24)2-3-20/h6,8-9,11,13H,1-5,7,23-24H2,(H,28,29)/t9-,11+,13-/m1/s1. The van der Waals surface area contributed by atoms with E-state index < -0.39 is 35.0 Å². The number of pyridine rings is 1. The zero-order valence-corrected chi connectivity index (χ0v) is 15.7. The monoisotopic (exact) mass is 404 g/mol. The first-order chi connectivity index (χ1) is 13.7. The second-order valence-electron chi connectivity index (χ2n) is 8.59. The van der Waals surface area contributed by atoms with Crippen molar-refractivity contribution >= 4 is 28.2 Å². The van der Waals surface area contributed by atoms with Crippen molar-refractivity contribution in [3.63, 3.8) is 0 Å². The number of fused-ring (bicyclic) bond motifs is 1. The summed E-state index contributed by atoms with van der Waals surface area (Å²) < 4.78 is 30.7. The molecule has 2 saturated carbocycles. The van der Waals surface area contributed by atoms with Gasteiger partial charge in [-0.3, -0.25) is 4.79 Å². The number of benzene rings is 1. The first-order valence-corrected chi connectivity index (χ1v) is 9.79. The minimum Gasteiger partial charge on any atom is -0.477 e. The highest BCUT2D eigenvalue weighted by molar-refractivity contribution is 5.99. The van der Waals surface area contributed by atoms with Crippen LogP contribution in [0.3, 0.4) is 0 Å². The van der Waals surface area contributed by atoms with Crippen molar-refractivity contribution in [1.82, 2.24) is 4.57 Å². The van der Waals surface area contributed by atoms with E-state index in [1.807, 2.05) is 4.90 Å². The van der Waals surface area contributed by atoms with Crippen LogP contribution < -0.4 is 21.8 Å². The maximum Gasteiger partial charge on any atom is 0.341 e. The lowest BCUT2D eigenvalue weighted by atomic mass is 9.97. The van der Waals surface area contributed by atoms with Crippen LogP contribution in [-0.4, -0.2) is 40.4 Å². The first kappa shape index (κ1) is 18.4. The molecule has 0 amide bonds. The van der Waals surface area contributed by atoms with Gasteiger partial charge in [0.15, 0.2) is 5.82 Å². The van der Waals surface area contributed by atoms with E-state index in [4.69, 9.17) is 11.5 Å². The van der Waals surface area contributed by atoms with Crippen molar-refractivity contribution in [1.29, 1.82) is 0 Å². The molecule has 3 atom stereocenters. The zero-order chi connectivity index (χ0) is 20.7. The van der Waals surface area contributed by atoms with Crippen LogP contribution in [0.5, 0.6) is 0 Å². The Hall–Kier alpha value is -2.68. The van der Waals surface area contributed by atoms with Crippen LogP contribution in [0.25, 0.3) is 10.9 Å². The number of aromatic nitrogens is 1. The third kappa shape index (κ3) is 2.71. The van der Waals surface area contributed by atoms with Gasteiger partial charge in [0.1, 0.15) is 11.7 Å². The molecule has 5 rings (SSSR count). The molecule has 0 spiro atoms. The van der Waals surface area contributed by atoms with Gasteiger partial charge in [0.2, 0.25) is 5.43 Å². The molecule has 1 saturated heterocycles. The Balaban J connectivity index is 1.68. The maximum absolute atomic E-state index is 15.7. The Bertz CT molecular complexity index is 1110. The molecule has 0 unspecified atom stereocenters. The van der Waals surface area contributed by atoms with Gasteiger partial charge in [0.05, 0.1) is 22.6 Å². The molecule has 2 aromatic rings. The number of hydrogen-bond donors (Lipinski definition) is 3. The molecular formula is C20H22F2N4O3. The molecule has 1 aromatic carbocycles. The number of carbonyl (C=O) groups is 1. The molecule has 2 heterocycles. The fraction of sp³-hybridized carbons (Fsp3) is 0.500. The quantitative estimate of drug-likeness (QED) is 0.672. The Morgan fingerprint density at radius 3 is 2.62 bits per heavy atom. The number of nitrogens with zero attached hydrogens (tertiary/aromatic N) is 2. The fourth-order valence-corrected chi connectivity index (χ4v) is 4.61. The molecule has 1 aromatic heterocycles. The summed E-state index contributed by atoms with van der Waals surface area (Å²) >= 11 is 0. The molecule has 5 N–H and O–H groups in total. The number of nitrogens with two attached hydrogens (primary N) is 2. The molecule has 3 fully saturated rings. The molecular weight excluding hydrogens is 382 g/mol. The summed E-state index contributed by atoms with van der Waals surface area (Å²) in [6.45, 7) is 1.20. The molecule has 7 nitrogen and oxygen atoms in total. The van der Waals surface area contributed by atoms with Gasteiger partial charge < -0.3 is 26.0 Å². The number of rotatable bonds is 4. The van der Waals surface area contributed by atoms with E-state index in [2.05, 4.69) is 0 Å². The summed E-state index contributed by atoms with van der Waals surface area (Å²) in [5.74, 6) is -1.87. The first-order valence-electron chi connectivity index (χ1n) is 9.79. The summed E-state index contributed by atoms with van der Waals surface area (Å²) in [6.07, 6.45) is 2.73. The highest BCUT2D eigenvalue weighted by atomic mass is 19.1. The van der Waals surface area contributed by atoms with E-state index in [0.717, 1.165) is 25.5 Å². The molecule has 3 aliphatic rings. The third-order valence-corrected chi connectivity index (χ3v) is 6.69. The lowest BCUT2D eigenvalue weighted by molar-refractivity contribution is 0.0694. The predicted molar refractivity (Wildman–Crippen MR) is 105 cm³/mol. The smallest absolute Gasteiger partial charge is 0.341 e. The van der Waals surface area contributed by atoms with E-state index in [1.165, 1.54) is 10.6 Å². The van der Waals surface area contributed by atoms with Crippen molar-refractivity contribution in [2.24, 2.45) is 11.7 Å². The minimum atomic E-state index is -1.45. The summed E-state index contributed by atoms with van der Waals surface area (Å²) in [4.78, 5) is 26.0. The number of carboxylic acids is 1. The van der Waals surface area contributed by atoms with Crippen molar-refractivity contribution in [3.05, 3.63) is 33.9 Å². The molecule has 0 radical (unpaired) electrons. The topological polar surface area (TPSA) is 115 Å². The minimum absolute atomic E-state index is 0.00774. The molecule has 1 aliphatic heterocycles. The van der Waals surface area contributed by atoms with Gasteiger partial charge in [-0.15, -0.1) is 0 Å². The van der Waals surface area contributed by atoms with E-state index in [-0.39, 0.29) is 40.2 Å². The SMILES string of the molecule is Nc1cc(N2CC[C@@H](C3(N)CC3)C2)c(F)c2c1c(=O)c(C(=O)O)cn2[C@@H]1C[C@@H]1F. The van der Waals surface area contributed by atoms with Gasteiger partial charge in [0, 0.05) is 36.9 Å². The van der Waals surface area contributed by atoms with Gasteiger partial charge in [-0.2, -0.15) is 0 Å². The van der Waals surface area contributed by atoms with E-state index >= 15 is 4.39 Å². The van der Waals surface area contributed by atoms with Crippen molar-refractivity contribution in [2.75, 3.05) is 23.7 Å². The Morgan fingerprint density at radius 2 is 2.03 bits per heavy atom. The van der Waals surface area contributed by atoms with Gasteiger partial charge in [0.25, 0.3) is 0 Å². The number of alkyl halides is 1. The number of hydrogen-bond acceptors (Lipinski definition) is 5. The Kier molecular flexibility index (Phi) is 3.74. The highest BCUT2D eigenvalue weighted by Crippen LogP contribution is 2.46. The van der Waals surface area contributed by atoms with Gasteiger partial charge >= 0.3 is 5.97 Å². The maximum atomic E-state index is 15.7. The number of carboxylic acid groups (broad SMARTS) is 1. The van der Waals surface area contributed by atoms with Crippen LogP contribution in [0.4, 0.5) is 20.2 Å². The van der Waals surface area contributed by atoms with Crippen LogP contribution in [0.2, 0.25) is 0 Å². The second-order valence-corrected chi connectivity index (χ2v) is 8.59. The fourth-order valence-electron chi connectivity index (χ4n) is 4.61. The Labute approximate surface area is 164 Å². The van der Waals surface area contributed by atoms with Gasteiger partial charge in [-0.05, 0) is 31.2 Å². The molecule has 154 valence electrons. The van der Waals surface area contributed by atoms with Crippen molar-refractivity contribution < 1.29 is 18.7 Å². The van der Waals surface area contributed by atoms with Crippen LogP contribution in [0.1, 0.15) is 42.1 Å². The van der Waals surface area contributed by atoms with E-state index in [0.29, 0.717) is 13.1 Å². The predicted octanol–water partition coefficient (Wildman–Crippen LogP) is 2.02. The number of aromatic carboxylic acids is 1. The summed E-state index contributed by atoms with van der Waals surface area (Å²) in [6, 6.07) is 0.679. The van der Waals surface area contributed by atoms with Gasteiger partial charge in [-0.25, -0.2) is 13.6 Å². The normalized spacial score (nSPS) is 27.4.